The van der Waals surface area contributed by atoms with Crippen molar-refractivity contribution >= 4 is 11.9 Å². The van der Waals surface area contributed by atoms with E-state index >= 15 is 0 Å². The van der Waals surface area contributed by atoms with Gasteiger partial charge in [0.25, 0.3) is 0 Å². The van der Waals surface area contributed by atoms with Gasteiger partial charge in [-0.25, -0.2) is 9.79 Å². The van der Waals surface area contributed by atoms with Crippen LogP contribution < -0.4 is 17.2 Å². The van der Waals surface area contributed by atoms with Gasteiger partial charge in [0.1, 0.15) is 6.04 Å². The highest BCUT2D eigenvalue weighted by molar-refractivity contribution is 5.82. The molecule has 1 heterocycles. The van der Waals surface area contributed by atoms with Gasteiger partial charge in [0, 0.05) is 19.1 Å². The monoisotopic (exact) mass is 229 g/mol. The highest BCUT2D eigenvalue weighted by Crippen LogP contribution is 2.09. The van der Waals surface area contributed by atoms with E-state index < -0.39 is 12.0 Å². The Morgan fingerprint density at radius 1 is 1.44 bits per heavy atom. The number of carbonyl (C=O) groups excluding carboxylic acids is 1. The molecule has 0 aromatic carbocycles. The van der Waals surface area contributed by atoms with Crippen molar-refractivity contribution in [3.8, 4) is 0 Å². The van der Waals surface area contributed by atoms with Gasteiger partial charge in [0.15, 0.2) is 5.96 Å². The molecule has 16 heavy (non-hydrogen) atoms. The van der Waals surface area contributed by atoms with Gasteiger partial charge < -0.3 is 22.0 Å². The van der Waals surface area contributed by atoms with Crippen LogP contribution in [0.1, 0.15) is 19.8 Å². The predicted octanol–water partition coefficient (Wildman–Crippen LogP) is -1.47. The molecule has 0 spiro atoms. The summed E-state index contributed by atoms with van der Waals surface area (Å²) in [5.74, 6) is -0.575. The first-order valence-electron chi connectivity index (χ1n) is 5.30. The molecule has 0 saturated carbocycles. The van der Waals surface area contributed by atoms with E-state index in [0.29, 0.717) is 13.1 Å². The third-order valence-corrected chi connectivity index (χ3v) is 2.40. The molecule has 0 aromatic heterocycles. The Bertz CT molecular complexity index is 269. The van der Waals surface area contributed by atoms with Gasteiger partial charge in [0.05, 0.1) is 0 Å². The number of hydrogen-bond acceptors (Lipinski definition) is 5. The van der Waals surface area contributed by atoms with Gasteiger partial charge in [-0.15, -0.1) is 5.06 Å². The molecule has 7 nitrogen and oxygen atoms in total. The Morgan fingerprint density at radius 3 is 2.50 bits per heavy atom. The van der Waals surface area contributed by atoms with E-state index in [9.17, 15) is 4.79 Å². The average molecular weight is 229 g/mol. The molecule has 1 atom stereocenters. The van der Waals surface area contributed by atoms with E-state index in [2.05, 4.69) is 4.99 Å². The number of piperidine rings is 1. The highest BCUT2D eigenvalue weighted by Gasteiger charge is 2.22. The first-order valence-corrected chi connectivity index (χ1v) is 5.30. The zero-order chi connectivity index (χ0) is 12.1. The normalized spacial score (nSPS) is 20.1. The summed E-state index contributed by atoms with van der Waals surface area (Å²) in [5.41, 5.74) is 16.1. The summed E-state index contributed by atoms with van der Waals surface area (Å²) >= 11 is 0. The summed E-state index contributed by atoms with van der Waals surface area (Å²) in [5, 5.41) is 1.60. The van der Waals surface area contributed by atoms with Crippen molar-refractivity contribution in [3.63, 3.8) is 0 Å². The molecule has 1 unspecified atom stereocenters. The van der Waals surface area contributed by atoms with Gasteiger partial charge in [-0.2, -0.15) is 0 Å². The number of aliphatic imine (C=N–C) groups is 1. The number of hydrogen-bond donors (Lipinski definition) is 3. The lowest BCUT2D eigenvalue weighted by atomic mass is 10.1. The molecule has 92 valence electrons. The lowest BCUT2D eigenvalue weighted by Gasteiger charge is -2.28. The fourth-order valence-corrected chi connectivity index (χ4v) is 1.45. The molecule has 1 saturated heterocycles. The third-order valence-electron chi connectivity index (χ3n) is 2.40. The number of nitrogens with zero attached hydrogens (tertiary/aromatic N) is 2. The van der Waals surface area contributed by atoms with Crippen LogP contribution >= 0.6 is 0 Å². The number of carbonyl (C=O) groups is 1. The van der Waals surface area contributed by atoms with Crippen LogP contribution in [0.3, 0.4) is 0 Å². The molecule has 0 bridgehead atoms. The second-order valence-corrected chi connectivity index (χ2v) is 3.91. The second kappa shape index (κ2) is 5.66. The lowest BCUT2D eigenvalue weighted by molar-refractivity contribution is -0.196. The molecule has 1 aliphatic rings. The average Bonchev–Trinajstić information content (AvgIpc) is 2.20. The molecule has 1 rings (SSSR count). The van der Waals surface area contributed by atoms with E-state index in [1.807, 2.05) is 0 Å². The van der Waals surface area contributed by atoms with Crippen LogP contribution in [0.2, 0.25) is 0 Å². The van der Waals surface area contributed by atoms with Crippen molar-refractivity contribution in [1.82, 2.24) is 5.06 Å². The van der Waals surface area contributed by atoms with Crippen molar-refractivity contribution in [2.45, 2.75) is 31.8 Å². The van der Waals surface area contributed by atoms with Gasteiger partial charge in [-0.1, -0.05) is 0 Å². The van der Waals surface area contributed by atoms with Crippen molar-refractivity contribution in [3.05, 3.63) is 0 Å². The SMILES string of the molecule is CC(N=C(N)N)C(=O)ON1CCC(N)CC1. The van der Waals surface area contributed by atoms with Crippen molar-refractivity contribution in [1.29, 1.82) is 0 Å². The predicted molar refractivity (Wildman–Crippen MR) is 60.1 cm³/mol. The topological polar surface area (TPSA) is 120 Å². The number of nitrogens with two attached hydrogens (primary N) is 3. The molecule has 0 amide bonds. The summed E-state index contributed by atoms with van der Waals surface area (Å²) in [6.07, 6.45) is 1.65. The third kappa shape index (κ3) is 4.03. The van der Waals surface area contributed by atoms with Crippen molar-refractivity contribution in [2.75, 3.05) is 13.1 Å². The number of rotatable bonds is 3. The van der Waals surface area contributed by atoms with Gasteiger partial charge in [0.2, 0.25) is 0 Å². The number of hydroxylamine groups is 2. The van der Waals surface area contributed by atoms with Crippen LogP contribution in [0.25, 0.3) is 0 Å². The fourth-order valence-electron chi connectivity index (χ4n) is 1.45. The first-order chi connectivity index (χ1) is 7.49. The highest BCUT2D eigenvalue weighted by atomic mass is 16.7. The lowest BCUT2D eigenvalue weighted by Crippen LogP contribution is -2.42. The smallest absolute Gasteiger partial charge is 0.349 e. The van der Waals surface area contributed by atoms with Gasteiger partial charge in [-0.3, -0.25) is 0 Å². The van der Waals surface area contributed by atoms with Crippen LogP contribution in [0.4, 0.5) is 0 Å². The maximum atomic E-state index is 11.5. The van der Waals surface area contributed by atoms with E-state index in [0.717, 1.165) is 12.8 Å². The molecule has 6 N–H and O–H groups in total. The van der Waals surface area contributed by atoms with Crippen LogP contribution in [0.5, 0.6) is 0 Å². The Morgan fingerprint density at radius 2 is 2.00 bits per heavy atom. The van der Waals surface area contributed by atoms with E-state index in [1.165, 1.54) is 0 Å². The van der Waals surface area contributed by atoms with Crippen molar-refractivity contribution < 1.29 is 9.63 Å². The summed E-state index contributed by atoms with van der Waals surface area (Å²) in [6, 6.07) is -0.481. The largest absolute Gasteiger partial charge is 0.370 e. The molecule has 1 fully saturated rings. The summed E-state index contributed by atoms with van der Waals surface area (Å²) in [6.45, 7) is 2.89. The molecule has 0 aliphatic carbocycles. The maximum Gasteiger partial charge on any atom is 0.349 e. The summed E-state index contributed by atoms with van der Waals surface area (Å²) in [7, 11) is 0. The van der Waals surface area contributed by atoms with E-state index in [4.69, 9.17) is 22.0 Å². The Balaban J connectivity index is 2.37. The first kappa shape index (κ1) is 12.7. The standard InChI is InChI=1S/C9H19N5O2/c1-6(13-9(11)12)8(15)16-14-4-2-7(10)3-5-14/h6-7H,2-5,10H2,1H3,(H4,11,12,13). The zero-order valence-electron chi connectivity index (χ0n) is 9.43. The van der Waals surface area contributed by atoms with Crippen LogP contribution in [-0.4, -0.2) is 42.2 Å². The van der Waals surface area contributed by atoms with Gasteiger partial charge in [-0.05, 0) is 19.8 Å². The molecular formula is C9H19N5O2. The van der Waals surface area contributed by atoms with Crippen LogP contribution in [0, 0.1) is 0 Å². The molecular weight excluding hydrogens is 210 g/mol. The summed E-state index contributed by atoms with van der Waals surface area (Å²) < 4.78 is 0. The fraction of sp³-hybridized carbons (Fsp3) is 0.778. The molecule has 0 radical (unpaired) electrons. The van der Waals surface area contributed by atoms with E-state index in [1.54, 1.807) is 12.0 Å². The maximum absolute atomic E-state index is 11.5. The Hall–Kier alpha value is -1.34. The minimum Gasteiger partial charge on any atom is -0.370 e. The molecule has 7 heteroatoms. The summed E-state index contributed by atoms with van der Waals surface area (Å²) in [4.78, 5) is 20.3. The molecule has 0 aromatic rings. The van der Waals surface area contributed by atoms with E-state index in [-0.39, 0.29) is 12.0 Å². The quantitative estimate of drug-likeness (QED) is 0.401. The Labute approximate surface area is 94.6 Å². The number of guanidine groups is 1. The van der Waals surface area contributed by atoms with Crippen LogP contribution in [0.15, 0.2) is 4.99 Å². The Kier molecular flexibility index (Phi) is 4.51. The zero-order valence-corrected chi connectivity index (χ0v) is 9.43. The van der Waals surface area contributed by atoms with Crippen molar-refractivity contribution in [2.24, 2.45) is 22.2 Å². The van der Waals surface area contributed by atoms with Gasteiger partial charge >= 0.3 is 5.97 Å². The van der Waals surface area contributed by atoms with Crippen LogP contribution in [-0.2, 0) is 9.63 Å². The minimum absolute atomic E-state index is 0.120. The second-order valence-electron chi connectivity index (χ2n) is 3.91. The molecule has 1 aliphatic heterocycles. The minimum atomic E-state index is -0.680.